The van der Waals surface area contributed by atoms with E-state index in [1.807, 2.05) is 14.0 Å². The molecule has 0 amide bonds. The van der Waals surface area contributed by atoms with Gasteiger partial charge in [-0.1, -0.05) is 40.5 Å². The number of nitrogens with two attached hydrogens (primary N) is 1. The first-order valence-corrected chi connectivity index (χ1v) is 7.52. The molecule has 2 rings (SSSR count). The molecule has 1 heterocycles. The number of aryl methyl sites for hydroxylation is 2. The van der Waals surface area contributed by atoms with Crippen molar-refractivity contribution < 1.29 is 4.39 Å². The summed E-state index contributed by atoms with van der Waals surface area (Å²) < 4.78 is 16.3. The third kappa shape index (κ3) is 2.90. The van der Waals surface area contributed by atoms with Crippen molar-refractivity contribution in [2.45, 2.75) is 25.8 Å². The van der Waals surface area contributed by atoms with Crippen LogP contribution < -0.4 is 5.73 Å². The number of hydrogen-bond donors (Lipinski definition) is 1. The SMILES string of the molecule is CCc1nn(C)c(CC(N)c2c(F)cccc2Br)c1Cl. The quantitative estimate of drug-likeness (QED) is 0.902. The van der Waals surface area contributed by atoms with E-state index in [2.05, 4.69) is 21.0 Å². The predicted octanol–water partition coefficient (Wildman–Crippen LogP) is 3.78. The Balaban J connectivity index is 2.33. The van der Waals surface area contributed by atoms with Crippen molar-refractivity contribution in [1.82, 2.24) is 9.78 Å². The van der Waals surface area contributed by atoms with E-state index in [9.17, 15) is 4.39 Å². The molecule has 0 fully saturated rings. The first-order valence-electron chi connectivity index (χ1n) is 6.35. The van der Waals surface area contributed by atoms with Crippen molar-refractivity contribution in [3.05, 3.63) is 50.5 Å². The van der Waals surface area contributed by atoms with Crippen LogP contribution in [-0.2, 0) is 19.9 Å². The molecule has 1 aromatic carbocycles. The van der Waals surface area contributed by atoms with Gasteiger partial charge >= 0.3 is 0 Å². The van der Waals surface area contributed by atoms with E-state index in [-0.39, 0.29) is 5.82 Å². The van der Waals surface area contributed by atoms with Gasteiger partial charge in [-0.05, 0) is 18.6 Å². The Hall–Kier alpha value is -0.910. The fraction of sp³-hybridized carbons (Fsp3) is 0.357. The lowest BCUT2D eigenvalue weighted by Gasteiger charge is -2.15. The summed E-state index contributed by atoms with van der Waals surface area (Å²) in [6, 6.07) is 4.34. The lowest BCUT2D eigenvalue weighted by Crippen LogP contribution is -2.17. The number of benzene rings is 1. The molecule has 20 heavy (non-hydrogen) atoms. The molecule has 2 aromatic rings. The summed E-state index contributed by atoms with van der Waals surface area (Å²) in [7, 11) is 1.82. The van der Waals surface area contributed by atoms with Crippen molar-refractivity contribution in [1.29, 1.82) is 0 Å². The minimum atomic E-state index is -0.483. The van der Waals surface area contributed by atoms with Gasteiger partial charge < -0.3 is 5.73 Å². The van der Waals surface area contributed by atoms with Crippen LogP contribution in [0.1, 0.15) is 29.9 Å². The number of nitrogens with zero attached hydrogens (tertiary/aromatic N) is 2. The van der Waals surface area contributed by atoms with E-state index >= 15 is 0 Å². The van der Waals surface area contributed by atoms with Gasteiger partial charge in [-0.25, -0.2) is 4.39 Å². The minimum absolute atomic E-state index is 0.319. The molecule has 6 heteroatoms. The highest BCUT2D eigenvalue weighted by Gasteiger charge is 2.20. The van der Waals surface area contributed by atoms with Crippen LogP contribution in [-0.4, -0.2) is 9.78 Å². The molecular weight excluding hydrogens is 345 g/mol. The second-order valence-corrected chi connectivity index (χ2v) is 5.86. The van der Waals surface area contributed by atoms with E-state index < -0.39 is 6.04 Å². The maximum absolute atomic E-state index is 13.9. The second-order valence-electron chi connectivity index (χ2n) is 4.63. The van der Waals surface area contributed by atoms with Gasteiger partial charge in [0.05, 0.1) is 16.4 Å². The van der Waals surface area contributed by atoms with Gasteiger partial charge in [-0.15, -0.1) is 0 Å². The smallest absolute Gasteiger partial charge is 0.129 e. The zero-order valence-corrected chi connectivity index (χ0v) is 13.7. The summed E-state index contributed by atoms with van der Waals surface area (Å²) in [5.74, 6) is -0.319. The van der Waals surface area contributed by atoms with Crippen LogP contribution in [0, 0.1) is 5.82 Å². The molecular formula is C14H16BrClFN3. The fourth-order valence-electron chi connectivity index (χ4n) is 2.22. The van der Waals surface area contributed by atoms with Gasteiger partial charge in [0.1, 0.15) is 5.82 Å². The maximum atomic E-state index is 13.9. The van der Waals surface area contributed by atoms with Crippen molar-refractivity contribution in [2.24, 2.45) is 12.8 Å². The van der Waals surface area contributed by atoms with E-state index in [1.54, 1.807) is 16.8 Å². The Labute approximate surface area is 131 Å². The summed E-state index contributed by atoms with van der Waals surface area (Å²) in [6.07, 6.45) is 1.19. The average molecular weight is 361 g/mol. The number of aromatic nitrogens is 2. The molecule has 1 atom stereocenters. The molecule has 0 saturated carbocycles. The van der Waals surface area contributed by atoms with Gasteiger partial charge in [-0.3, -0.25) is 4.68 Å². The van der Waals surface area contributed by atoms with Crippen molar-refractivity contribution in [2.75, 3.05) is 0 Å². The van der Waals surface area contributed by atoms with Crippen LogP contribution >= 0.6 is 27.5 Å². The van der Waals surface area contributed by atoms with Crippen LogP contribution in [0.3, 0.4) is 0 Å². The molecule has 1 unspecified atom stereocenters. The van der Waals surface area contributed by atoms with Crippen LogP contribution in [0.15, 0.2) is 22.7 Å². The average Bonchev–Trinajstić information content (AvgIpc) is 2.66. The van der Waals surface area contributed by atoms with E-state index in [0.29, 0.717) is 21.5 Å². The molecule has 1 aromatic heterocycles. The van der Waals surface area contributed by atoms with Crippen LogP contribution in [0.4, 0.5) is 4.39 Å². The molecule has 0 spiro atoms. The monoisotopic (exact) mass is 359 g/mol. The van der Waals surface area contributed by atoms with Crippen LogP contribution in [0.2, 0.25) is 5.02 Å². The Bertz CT molecular complexity index is 607. The molecule has 0 aliphatic rings. The first-order chi connectivity index (χ1) is 9.45. The molecule has 3 nitrogen and oxygen atoms in total. The maximum Gasteiger partial charge on any atom is 0.129 e. The number of hydrogen-bond acceptors (Lipinski definition) is 2. The van der Waals surface area contributed by atoms with E-state index in [4.69, 9.17) is 17.3 Å². The predicted molar refractivity (Wildman–Crippen MR) is 82.3 cm³/mol. The van der Waals surface area contributed by atoms with Crippen molar-refractivity contribution in [3.8, 4) is 0 Å². The summed E-state index contributed by atoms with van der Waals surface area (Å²) in [5.41, 5.74) is 8.27. The highest BCUT2D eigenvalue weighted by molar-refractivity contribution is 9.10. The number of rotatable bonds is 4. The second kappa shape index (κ2) is 6.24. The molecule has 0 aliphatic heterocycles. The summed E-state index contributed by atoms with van der Waals surface area (Å²) in [4.78, 5) is 0. The summed E-state index contributed by atoms with van der Waals surface area (Å²) >= 11 is 9.64. The van der Waals surface area contributed by atoms with Gasteiger partial charge in [0.2, 0.25) is 0 Å². The highest BCUT2D eigenvalue weighted by atomic mass is 79.9. The van der Waals surface area contributed by atoms with E-state index in [0.717, 1.165) is 17.8 Å². The molecule has 0 aliphatic carbocycles. The van der Waals surface area contributed by atoms with Gasteiger partial charge in [0, 0.05) is 29.5 Å². The third-order valence-corrected chi connectivity index (χ3v) is 4.41. The van der Waals surface area contributed by atoms with Crippen LogP contribution in [0.25, 0.3) is 0 Å². The summed E-state index contributed by atoms with van der Waals surface area (Å²) in [6.45, 7) is 1.99. The molecule has 108 valence electrons. The standard InChI is InChI=1S/C14H16BrClFN3/c1-3-11-14(16)12(20(2)19-11)7-10(18)13-8(15)5-4-6-9(13)17/h4-6,10H,3,7,18H2,1-2H3. The fourth-order valence-corrected chi connectivity index (χ4v) is 3.22. The van der Waals surface area contributed by atoms with Gasteiger partial charge in [0.25, 0.3) is 0 Å². The van der Waals surface area contributed by atoms with Crippen molar-refractivity contribution >= 4 is 27.5 Å². The van der Waals surface area contributed by atoms with Gasteiger partial charge in [0.15, 0.2) is 0 Å². The Morgan fingerprint density at radius 1 is 1.50 bits per heavy atom. The molecule has 0 saturated heterocycles. The van der Waals surface area contributed by atoms with Crippen molar-refractivity contribution in [3.63, 3.8) is 0 Å². The first kappa shape index (κ1) is 15.5. The normalized spacial score (nSPS) is 12.7. The largest absolute Gasteiger partial charge is 0.323 e. The number of halogens is 3. The minimum Gasteiger partial charge on any atom is -0.323 e. The highest BCUT2D eigenvalue weighted by Crippen LogP contribution is 2.30. The zero-order chi connectivity index (χ0) is 14.9. The summed E-state index contributed by atoms with van der Waals surface area (Å²) in [5, 5.41) is 4.97. The van der Waals surface area contributed by atoms with Gasteiger partial charge in [-0.2, -0.15) is 5.10 Å². The molecule has 0 bridgehead atoms. The van der Waals surface area contributed by atoms with Crippen LogP contribution in [0.5, 0.6) is 0 Å². The molecule has 0 radical (unpaired) electrons. The zero-order valence-electron chi connectivity index (χ0n) is 11.3. The lowest BCUT2D eigenvalue weighted by molar-refractivity contribution is 0.566. The molecule has 2 N–H and O–H groups in total. The van der Waals surface area contributed by atoms with E-state index in [1.165, 1.54) is 6.07 Å². The Morgan fingerprint density at radius 2 is 2.20 bits per heavy atom. The Morgan fingerprint density at radius 3 is 2.75 bits per heavy atom. The Kier molecular flexibility index (Phi) is 4.83. The lowest BCUT2D eigenvalue weighted by atomic mass is 10.0. The third-order valence-electron chi connectivity index (χ3n) is 3.29. The topological polar surface area (TPSA) is 43.8 Å².